The monoisotopic (exact) mass is 210 g/mol. The van der Waals surface area contributed by atoms with Gasteiger partial charge < -0.3 is 5.11 Å². The van der Waals surface area contributed by atoms with Gasteiger partial charge in [-0.15, -0.1) is 0 Å². The molecule has 1 atom stereocenters. The van der Waals surface area contributed by atoms with Crippen LogP contribution in [0.15, 0.2) is 24.3 Å². The molecule has 0 saturated carbocycles. The average molecular weight is 210 g/mol. The maximum Gasteiger partial charge on any atom is 0.0465 e. The third-order valence-corrected chi connectivity index (χ3v) is 2.51. The van der Waals surface area contributed by atoms with Crippen LogP contribution >= 0.6 is 0 Å². The van der Waals surface area contributed by atoms with Crippen LogP contribution < -0.4 is 0 Å². The highest BCUT2D eigenvalue weighted by Crippen LogP contribution is 2.09. The van der Waals surface area contributed by atoms with Crippen molar-refractivity contribution in [3.8, 4) is 0 Å². The molecule has 0 aromatic carbocycles. The molecule has 0 unspecified atom stereocenters. The van der Waals surface area contributed by atoms with Crippen molar-refractivity contribution in [3.05, 3.63) is 24.3 Å². The number of allylic oxidation sites excluding steroid dienone is 3. The fourth-order valence-electron chi connectivity index (χ4n) is 1.47. The maximum atomic E-state index is 8.66. The summed E-state index contributed by atoms with van der Waals surface area (Å²) in [5.74, 6) is 0.554. The molecule has 0 aliphatic carbocycles. The molecule has 0 heterocycles. The molecule has 0 spiro atoms. The lowest BCUT2D eigenvalue weighted by Crippen LogP contribution is -1.89. The highest BCUT2D eigenvalue weighted by Gasteiger charge is 1.94. The van der Waals surface area contributed by atoms with Crippen LogP contribution in [0.3, 0.4) is 0 Å². The van der Waals surface area contributed by atoms with Crippen LogP contribution in [0.1, 0.15) is 52.4 Å². The molecule has 88 valence electrons. The molecule has 1 heteroatoms. The van der Waals surface area contributed by atoms with Gasteiger partial charge in [-0.05, 0) is 31.6 Å². The average Bonchev–Trinajstić information content (AvgIpc) is 2.26. The third-order valence-electron chi connectivity index (χ3n) is 2.51. The predicted octanol–water partition coefficient (Wildman–Crippen LogP) is 4.09. The van der Waals surface area contributed by atoms with Gasteiger partial charge in [-0.1, -0.05) is 51.0 Å². The van der Waals surface area contributed by atoms with Crippen molar-refractivity contribution in [2.24, 2.45) is 5.92 Å². The van der Waals surface area contributed by atoms with Gasteiger partial charge in [0, 0.05) is 6.61 Å². The smallest absolute Gasteiger partial charge is 0.0465 e. The molecule has 0 saturated heterocycles. The van der Waals surface area contributed by atoms with Crippen molar-refractivity contribution in [2.75, 3.05) is 6.61 Å². The van der Waals surface area contributed by atoms with E-state index < -0.39 is 0 Å². The Morgan fingerprint density at radius 2 is 1.67 bits per heavy atom. The van der Waals surface area contributed by atoms with E-state index in [2.05, 4.69) is 38.2 Å². The van der Waals surface area contributed by atoms with E-state index in [0.717, 1.165) is 12.8 Å². The lowest BCUT2D eigenvalue weighted by molar-refractivity contribution is 0.302. The summed E-state index contributed by atoms with van der Waals surface area (Å²) in [6.07, 6.45) is 15.9. The quantitative estimate of drug-likeness (QED) is 0.449. The van der Waals surface area contributed by atoms with E-state index in [0.29, 0.717) is 5.92 Å². The zero-order valence-corrected chi connectivity index (χ0v) is 10.3. The Morgan fingerprint density at radius 3 is 2.20 bits per heavy atom. The van der Waals surface area contributed by atoms with Crippen LogP contribution in [-0.4, -0.2) is 11.7 Å². The summed E-state index contributed by atoms with van der Waals surface area (Å²) in [6.45, 7) is 4.69. The van der Waals surface area contributed by atoms with Crippen molar-refractivity contribution < 1.29 is 5.11 Å². The maximum absolute atomic E-state index is 8.66. The fraction of sp³-hybridized carbons (Fsp3) is 0.714. The molecule has 0 amide bonds. The second kappa shape index (κ2) is 11.5. The van der Waals surface area contributed by atoms with Gasteiger partial charge >= 0.3 is 0 Å². The molecule has 0 aliphatic heterocycles. The van der Waals surface area contributed by atoms with Gasteiger partial charge in [-0.3, -0.25) is 0 Å². The van der Waals surface area contributed by atoms with Gasteiger partial charge in [-0.2, -0.15) is 0 Å². The first-order valence-corrected chi connectivity index (χ1v) is 6.29. The minimum Gasteiger partial charge on any atom is -0.396 e. The fourth-order valence-corrected chi connectivity index (χ4v) is 1.47. The second-order valence-corrected chi connectivity index (χ2v) is 3.94. The van der Waals surface area contributed by atoms with Gasteiger partial charge in [0.15, 0.2) is 0 Å². The molecule has 0 aliphatic rings. The zero-order valence-electron chi connectivity index (χ0n) is 10.3. The van der Waals surface area contributed by atoms with Gasteiger partial charge in [-0.25, -0.2) is 0 Å². The molecule has 1 nitrogen and oxygen atoms in total. The molecule has 0 aromatic rings. The van der Waals surface area contributed by atoms with Crippen molar-refractivity contribution >= 4 is 0 Å². The topological polar surface area (TPSA) is 20.2 Å². The summed E-state index contributed by atoms with van der Waals surface area (Å²) in [7, 11) is 0. The summed E-state index contributed by atoms with van der Waals surface area (Å²) in [4.78, 5) is 0. The van der Waals surface area contributed by atoms with Crippen LogP contribution in [0, 0.1) is 5.92 Å². The Labute approximate surface area is 94.9 Å². The Morgan fingerprint density at radius 1 is 1.00 bits per heavy atom. The molecule has 0 fully saturated rings. The predicted molar refractivity (Wildman–Crippen MR) is 67.9 cm³/mol. The molecular weight excluding hydrogens is 184 g/mol. The van der Waals surface area contributed by atoms with Crippen LogP contribution in [0.4, 0.5) is 0 Å². The summed E-state index contributed by atoms with van der Waals surface area (Å²) in [5.41, 5.74) is 0. The minimum atomic E-state index is 0.257. The molecular formula is C14H26O. The van der Waals surface area contributed by atoms with E-state index in [4.69, 9.17) is 5.11 Å². The lowest BCUT2D eigenvalue weighted by Gasteiger charge is -2.02. The van der Waals surface area contributed by atoms with E-state index >= 15 is 0 Å². The molecule has 15 heavy (non-hydrogen) atoms. The minimum absolute atomic E-state index is 0.257. The first-order valence-electron chi connectivity index (χ1n) is 6.29. The number of hydrogen-bond donors (Lipinski definition) is 1. The molecule has 1 N–H and O–H groups in total. The lowest BCUT2D eigenvalue weighted by atomic mass is 10.0. The highest BCUT2D eigenvalue weighted by molar-refractivity contribution is 5.00. The summed E-state index contributed by atoms with van der Waals surface area (Å²) in [5, 5.41) is 8.66. The van der Waals surface area contributed by atoms with Crippen molar-refractivity contribution in [1.29, 1.82) is 0 Å². The Kier molecular flexibility index (Phi) is 11.1. The Hall–Kier alpha value is -0.560. The van der Waals surface area contributed by atoms with Crippen molar-refractivity contribution in [2.45, 2.75) is 52.4 Å². The molecule has 0 bridgehead atoms. The summed E-state index contributed by atoms with van der Waals surface area (Å²) >= 11 is 0. The molecule has 0 rings (SSSR count). The zero-order chi connectivity index (χ0) is 11.4. The Bertz CT molecular complexity index is 170. The van der Waals surface area contributed by atoms with Crippen LogP contribution in [-0.2, 0) is 0 Å². The van der Waals surface area contributed by atoms with Gasteiger partial charge in [0.1, 0.15) is 0 Å². The van der Waals surface area contributed by atoms with Crippen LogP contribution in [0.5, 0.6) is 0 Å². The number of hydrogen-bond acceptors (Lipinski definition) is 1. The van der Waals surface area contributed by atoms with Crippen molar-refractivity contribution in [1.82, 2.24) is 0 Å². The van der Waals surface area contributed by atoms with Crippen molar-refractivity contribution in [3.63, 3.8) is 0 Å². The van der Waals surface area contributed by atoms with Crippen LogP contribution in [0.25, 0.3) is 0 Å². The number of unbranched alkanes of at least 4 members (excludes halogenated alkanes) is 3. The first-order chi connectivity index (χ1) is 7.35. The summed E-state index contributed by atoms with van der Waals surface area (Å²) < 4.78 is 0. The molecule has 0 radical (unpaired) electrons. The van der Waals surface area contributed by atoms with E-state index in [1.165, 1.54) is 25.7 Å². The highest BCUT2D eigenvalue weighted by atomic mass is 16.2. The number of aliphatic hydroxyl groups excluding tert-OH is 1. The van der Waals surface area contributed by atoms with Gasteiger partial charge in [0.2, 0.25) is 0 Å². The van der Waals surface area contributed by atoms with Gasteiger partial charge in [0.25, 0.3) is 0 Å². The summed E-state index contributed by atoms with van der Waals surface area (Å²) in [6, 6.07) is 0. The van der Waals surface area contributed by atoms with E-state index in [1.807, 2.05) is 0 Å². The van der Waals surface area contributed by atoms with E-state index in [1.54, 1.807) is 0 Å². The SMILES string of the molecule is CCCCC/C=C\[C@H](/C=C\CCO)CC. The Balaban J connectivity index is 3.67. The normalized spacial score (nSPS) is 14.1. The standard InChI is InChI=1S/C14H26O/c1-3-5-6-7-8-11-14(4-2)12-9-10-13-15/h8-9,11-12,14-15H,3-7,10,13H2,1-2H3/b11-8-,12-9-/t14-/m1/s1. The first kappa shape index (κ1) is 14.4. The largest absolute Gasteiger partial charge is 0.396 e. The number of aliphatic hydroxyl groups is 1. The van der Waals surface area contributed by atoms with Gasteiger partial charge in [0.05, 0.1) is 0 Å². The molecule has 0 aromatic heterocycles. The third kappa shape index (κ3) is 9.74. The van der Waals surface area contributed by atoms with Crippen LogP contribution in [0.2, 0.25) is 0 Å². The number of rotatable bonds is 9. The van der Waals surface area contributed by atoms with E-state index in [-0.39, 0.29) is 6.61 Å². The van der Waals surface area contributed by atoms with E-state index in [9.17, 15) is 0 Å². The second-order valence-electron chi connectivity index (χ2n) is 3.94.